The molecule has 0 saturated heterocycles. The highest BCUT2D eigenvalue weighted by molar-refractivity contribution is 5.78. The normalized spacial score (nSPS) is 12.0. The SMILES string of the molecule is CCCNCc1ccc(N(C)CC(C)C(=O)NC)cc1. The van der Waals surface area contributed by atoms with Crippen molar-refractivity contribution in [3.05, 3.63) is 29.8 Å². The molecule has 1 aromatic rings. The predicted molar refractivity (Wildman–Crippen MR) is 84.9 cm³/mol. The van der Waals surface area contributed by atoms with E-state index in [9.17, 15) is 4.79 Å². The quantitative estimate of drug-likeness (QED) is 0.714. The maximum atomic E-state index is 11.5. The van der Waals surface area contributed by atoms with E-state index in [1.165, 1.54) is 5.56 Å². The van der Waals surface area contributed by atoms with Crippen LogP contribution in [0.5, 0.6) is 0 Å². The third-order valence-electron chi connectivity index (χ3n) is 3.37. The van der Waals surface area contributed by atoms with Gasteiger partial charge in [-0.15, -0.1) is 0 Å². The molecule has 0 fully saturated rings. The summed E-state index contributed by atoms with van der Waals surface area (Å²) in [6, 6.07) is 8.50. The number of nitrogens with zero attached hydrogens (tertiary/aromatic N) is 1. The van der Waals surface area contributed by atoms with Gasteiger partial charge in [0, 0.05) is 32.9 Å². The molecule has 0 aliphatic carbocycles. The summed E-state index contributed by atoms with van der Waals surface area (Å²) in [5, 5.41) is 6.07. The number of hydrogen-bond acceptors (Lipinski definition) is 3. The monoisotopic (exact) mass is 277 g/mol. The van der Waals surface area contributed by atoms with Crippen LogP contribution in [-0.2, 0) is 11.3 Å². The van der Waals surface area contributed by atoms with Crippen LogP contribution in [0.4, 0.5) is 5.69 Å². The lowest BCUT2D eigenvalue weighted by atomic mass is 10.1. The fourth-order valence-electron chi connectivity index (χ4n) is 2.12. The second-order valence-electron chi connectivity index (χ2n) is 5.24. The van der Waals surface area contributed by atoms with Crippen molar-refractivity contribution in [2.75, 3.05) is 32.1 Å². The van der Waals surface area contributed by atoms with Gasteiger partial charge in [0.15, 0.2) is 0 Å². The van der Waals surface area contributed by atoms with Gasteiger partial charge in [0.2, 0.25) is 5.91 Å². The van der Waals surface area contributed by atoms with Crippen molar-refractivity contribution in [2.45, 2.75) is 26.8 Å². The molecule has 0 bridgehead atoms. The van der Waals surface area contributed by atoms with Gasteiger partial charge in [-0.05, 0) is 30.7 Å². The first-order valence-corrected chi connectivity index (χ1v) is 7.30. The summed E-state index contributed by atoms with van der Waals surface area (Å²) >= 11 is 0. The summed E-state index contributed by atoms with van der Waals surface area (Å²) in [5.74, 6) is 0.0631. The summed E-state index contributed by atoms with van der Waals surface area (Å²) in [6.07, 6.45) is 1.15. The molecule has 1 amide bonds. The van der Waals surface area contributed by atoms with Crippen molar-refractivity contribution < 1.29 is 4.79 Å². The molecule has 1 unspecified atom stereocenters. The number of benzene rings is 1. The molecule has 0 radical (unpaired) electrons. The van der Waals surface area contributed by atoms with E-state index in [0.29, 0.717) is 6.54 Å². The van der Waals surface area contributed by atoms with Crippen molar-refractivity contribution in [3.8, 4) is 0 Å². The summed E-state index contributed by atoms with van der Waals surface area (Å²) in [4.78, 5) is 13.6. The van der Waals surface area contributed by atoms with Crippen molar-refractivity contribution in [1.29, 1.82) is 0 Å². The van der Waals surface area contributed by atoms with Crippen LogP contribution in [0.25, 0.3) is 0 Å². The van der Waals surface area contributed by atoms with Gasteiger partial charge >= 0.3 is 0 Å². The summed E-state index contributed by atoms with van der Waals surface area (Å²) in [7, 11) is 3.70. The van der Waals surface area contributed by atoms with Crippen molar-refractivity contribution in [1.82, 2.24) is 10.6 Å². The summed E-state index contributed by atoms with van der Waals surface area (Å²) < 4.78 is 0. The zero-order valence-corrected chi connectivity index (χ0v) is 13.1. The molecule has 1 rings (SSSR count). The average molecular weight is 277 g/mol. The molecular formula is C16H27N3O. The van der Waals surface area contributed by atoms with Gasteiger partial charge in [0.1, 0.15) is 0 Å². The average Bonchev–Trinajstić information content (AvgIpc) is 2.47. The zero-order valence-electron chi connectivity index (χ0n) is 13.1. The Morgan fingerprint density at radius 1 is 1.30 bits per heavy atom. The van der Waals surface area contributed by atoms with Gasteiger partial charge in [0.05, 0.1) is 5.92 Å². The smallest absolute Gasteiger partial charge is 0.224 e. The second-order valence-corrected chi connectivity index (χ2v) is 5.24. The van der Waals surface area contributed by atoms with E-state index in [0.717, 1.165) is 25.2 Å². The third-order valence-corrected chi connectivity index (χ3v) is 3.37. The molecule has 1 atom stereocenters. The first kappa shape index (κ1) is 16.5. The Balaban J connectivity index is 2.52. The number of carbonyl (C=O) groups excluding carboxylic acids is 1. The minimum Gasteiger partial charge on any atom is -0.374 e. The second kappa shape index (κ2) is 8.59. The van der Waals surface area contributed by atoms with Crippen LogP contribution in [-0.4, -0.2) is 33.1 Å². The fraction of sp³-hybridized carbons (Fsp3) is 0.562. The first-order chi connectivity index (χ1) is 9.58. The Morgan fingerprint density at radius 2 is 1.95 bits per heavy atom. The van der Waals surface area contributed by atoms with Crippen LogP contribution in [0.2, 0.25) is 0 Å². The lowest BCUT2D eigenvalue weighted by Gasteiger charge is -2.23. The maximum Gasteiger partial charge on any atom is 0.224 e. The topological polar surface area (TPSA) is 44.4 Å². The Labute approximate surface area is 122 Å². The van der Waals surface area contributed by atoms with Gasteiger partial charge in [-0.2, -0.15) is 0 Å². The molecule has 0 aromatic heterocycles. The summed E-state index contributed by atoms with van der Waals surface area (Å²) in [5.41, 5.74) is 2.43. The van der Waals surface area contributed by atoms with Gasteiger partial charge in [0.25, 0.3) is 0 Å². The molecule has 112 valence electrons. The van der Waals surface area contributed by atoms with E-state index >= 15 is 0 Å². The van der Waals surface area contributed by atoms with Crippen LogP contribution in [0.1, 0.15) is 25.8 Å². The van der Waals surface area contributed by atoms with Crippen LogP contribution >= 0.6 is 0 Å². The number of hydrogen-bond donors (Lipinski definition) is 2. The highest BCUT2D eigenvalue weighted by atomic mass is 16.1. The van der Waals surface area contributed by atoms with Gasteiger partial charge in [-0.3, -0.25) is 4.79 Å². The summed E-state index contributed by atoms with van der Waals surface area (Å²) in [6.45, 7) is 6.78. The van der Waals surface area contributed by atoms with Gasteiger partial charge < -0.3 is 15.5 Å². The standard InChI is InChI=1S/C16H27N3O/c1-5-10-18-11-14-6-8-15(9-7-14)19(4)12-13(2)16(20)17-3/h6-9,13,18H,5,10-12H2,1-4H3,(H,17,20). The van der Waals surface area contributed by atoms with E-state index in [1.54, 1.807) is 7.05 Å². The molecule has 0 aliphatic heterocycles. The zero-order chi connectivity index (χ0) is 15.0. The van der Waals surface area contributed by atoms with Crippen molar-refractivity contribution >= 4 is 11.6 Å². The molecule has 4 heteroatoms. The van der Waals surface area contributed by atoms with Crippen LogP contribution in [0.15, 0.2) is 24.3 Å². The first-order valence-electron chi connectivity index (χ1n) is 7.30. The number of anilines is 1. The molecule has 0 heterocycles. The number of carbonyl (C=O) groups is 1. The van der Waals surface area contributed by atoms with Crippen molar-refractivity contribution in [3.63, 3.8) is 0 Å². The van der Waals surface area contributed by atoms with E-state index < -0.39 is 0 Å². The molecule has 4 nitrogen and oxygen atoms in total. The lowest BCUT2D eigenvalue weighted by molar-refractivity contribution is -0.123. The van der Waals surface area contributed by atoms with Gasteiger partial charge in [-0.25, -0.2) is 0 Å². The van der Waals surface area contributed by atoms with E-state index in [2.05, 4.69) is 46.7 Å². The molecule has 2 N–H and O–H groups in total. The highest BCUT2D eigenvalue weighted by Crippen LogP contribution is 2.15. The largest absolute Gasteiger partial charge is 0.374 e. The van der Waals surface area contributed by atoms with Gasteiger partial charge in [-0.1, -0.05) is 26.0 Å². The Morgan fingerprint density at radius 3 is 2.50 bits per heavy atom. The lowest BCUT2D eigenvalue weighted by Crippen LogP contribution is -2.34. The van der Waals surface area contributed by atoms with Crippen LogP contribution < -0.4 is 15.5 Å². The third kappa shape index (κ3) is 5.21. The number of amides is 1. The Kier molecular flexibility index (Phi) is 7.09. The number of rotatable bonds is 8. The Bertz CT molecular complexity index is 403. The van der Waals surface area contributed by atoms with Crippen LogP contribution in [0.3, 0.4) is 0 Å². The van der Waals surface area contributed by atoms with E-state index in [4.69, 9.17) is 0 Å². The highest BCUT2D eigenvalue weighted by Gasteiger charge is 2.13. The molecule has 0 saturated carbocycles. The minimum absolute atomic E-state index is 0.0177. The minimum atomic E-state index is -0.0177. The molecule has 1 aromatic carbocycles. The van der Waals surface area contributed by atoms with Crippen molar-refractivity contribution in [2.24, 2.45) is 5.92 Å². The van der Waals surface area contributed by atoms with Crippen LogP contribution in [0, 0.1) is 5.92 Å². The van der Waals surface area contributed by atoms with E-state index in [-0.39, 0.29) is 11.8 Å². The number of nitrogens with one attached hydrogen (secondary N) is 2. The van der Waals surface area contributed by atoms with E-state index in [1.807, 2.05) is 14.0 Å². The maximum absolute atomic E-state index is 11.5. The molecule has 20 heavy (non-hydrogen) atoms. The fourth-order valence-corrected chi connectivity index (χ4v) is 2.12. The molecular weight excluding hydrogens is 250 g/mol. The molecule has 0 aliphatic rings. The molecule has 0 spiro atoms. The Hall–Kier alpha value is -1.55. The predicted octanol–water partition coefficient (Wildman–Crippen LogP) is 2.00.